The number of unbranched alkanes of at least 4 members (excludes halogenated alkanes) is 4. The number of aromatic nitrogens is 7. The van der Waals surface area contributed by atoms with E-state index >= 15 is 0 Å². The van der Waals surface area contributed by atoms with Gasteiger partial charge in [0, 0.05) is 79.3 Å². The Morgan fingerprint density at radius 1 is 0.961 bits per heavy atom. The minimum Gasteiger partial charge on any atom is -0.482 e. The Balaban J connectivity index is 0.711. The highest BCUT2D eigenvalue weighted by molar-refractivity contribution is 7.13. The number of carbonyl (C=O) groups excluding carboxylic acids is 3. The van der Waals surface area contributed by atoms with E-state index in [0.29, 0.717) is 22.8 Å². The molecule has 1 unspecified atom stereocenters. The third-order valence-corrected chi connectivity index (χ3v) is 16.1. The quantitative estimate of drug-likeness (QED) is 0.0349. The number of halogens is 3. The number of nitrogens with one attached hydrogen (secondary N) is 2. The molecule has 17 nitrogen and oxygen atoms in total. The molecular formula is C56H71Cl2FN12O5S. The van der Waals surface area contributed by atoms with E-state index in [1.54, 1.807) is 30.5 Å². The number of rotatable bonds is 23. The van der Waals surface area contributed by atoms with Crippen LogP contribution in [0.15, 0.2) is 72.8 Å². The van der Waals surface area contributed by atoms with E-state index in [2.05, 4.69) is 35.8 Å². The molecule has 77 heavy (non-hydrogen) atoms. The summed E-state index contributed by atoms with van der Waals surface area (Å²) in [5.41, 5.74) is 13.3. The number of hydrogen-bond acceptors (Lipinski definition) is 13. The average molecular weight is 1110 g/mol. The van der Waals surface area contributed by atoms with Gasteiger partial charge in [-0.2, -0.15) is 5.10 Å². The van der Waals surface area contributed by atoms with Gasteiger partial charge in [-0.1, -0.05) is 92.7 Å². The SMILES string of the molecule is Cc1ncsc1-c1ccc(CNC(=O)[C@@H]2C[C@@H](O)CN2C(=O)[C@@H](NC(=O)CCCCCCCn2cc(CCCN3CCCC(n4cc(-c5cnc(N)c(O[C@H](C)c6c(Cl)ccc(F)c6Cl)c5)cn4)C3)nn2)C(C)(C)C)cc1. The van der Waals surface area contributed by atoms with Gasteiger partial charge in [-0.25, -0.2) is 14.4 Å². The molecule has 2 aromatic carbocycles. The van der Waals surface area contributed by atoms with Crippen molar-refractivity contribution in [2.24, 2.45) is 5.41 Å². The molecule has 6 aromatic rings. The number of aryl methyl sites for hydroxylation is 3. The van der Waals surface area contributed by atoms with Crippen LogP contribution >= 0.6 is 34.5 Å². The second-order valence-electron chi connectivity index (χ2n) is 21.5. The number of aliphatic hydroxyl groups is 1. The number of carbonyl (C=O) groups is 3. The lowest BCUT2D eigenvalue weighted by molar-refractivity contribution is -0.144. The Morgan fingerprint density at radius 3 is 2.51 bits per heavy atom. The summed E-state index contributed by atoms with van der Waals surface area (Å²) in [6.45, 7) is 13.3. The Kier molecular flexibility index (Phi) is 19.4. The molecule has 0 aliphatic carbocycles. The zero-order chi connectivity index (χ0) is 54.8. The summed E-state index contributed by atoms with van der Waals surface area (Å²) in [6.07, 6.45) is 14.8. The zero-order valence-corrected chi connectivity index (χ0v) is 46.9. The number of β-amino-alcohol motifs (C(OH)–C–C–N with tert-alkyl or cyclic N) is 1. The third kappa shape index (κ3) is 15.0. The summed E-state index contributed by atoms with van der Waals surface area (Å²) >= 11 is 14.2. The number of nitrogens with two attached hydrogens (primary N) is 1. The highest BCUT2D eigenvalue weighted by atomic mass is 35.5. The van der Waals surface area contributed by atoms with Crippen LogP contribution < -0.4 is 21.1 Å². The minimum atomic E-state index is -0.862. The van der Waals surface area contributed by atoms with Crippen LogP contribution in [-0.2, 0) is 33.9 Å². The molecule has 2 aliphatic heterocycles. The molecule has 0 spiro atoms. The summed E-state index contributed by atoms with van der Waals surface area (Å²) in [6, 6.07) is 10.9. The maximum absolute atomic E-state index is 14.2. The van der Waals surface area contributed by atoms with E-state index in [1.165, 1.54) is 17.0 Å². The van der Waals surface area contributed by atoms with Crippen LogP contribution in [0.1, 0.15) is 127 Å². The van der Waals surface area contributed by atoms with Crippen LogP contribution in [0.2, 0.25) is 10.0 Å². The molecule has 4 aromatic heterocycles. The molecule has 0 bridgehead atoms. The molecule has 21 heteroatoms. The van der Waals surface area contributed by atoms with Crippen molar-refractivity contribution in [3.05, 3.63) is 111 Å². The van der Waals surface area contributed by atoms with Crippen molar-refractivity contribution >= 4 is 58.1 Å². The Hall–Kier alpha value is -5.99. The standard InChI is InChI=1S/C56H71Cl2FN12O5S/c1-35-51(77-34-63-35)38-18-16-37(17-19-38)27-62-54(74)46-26-43(72)33-70(46)55(75)52(56(3,4)5)65-48(73)15-9-7-6-8-10-24-69-31-41(66-67-69)13-11-22-68-23-12-14-42(32-68)71-30-40(29-64-71)39-25-47(53(60)61-28-39)76-36(2)49-44(57)20-21-45(59)50(49)58/h16-21,25,28-31,34,36,42-43,46,52,72H,6-15,22-24,26-27,32-33H2,1-5H3,(H2,60,61)(H,62,74)(H,65,73)/t36-,42?,43-,46+,52-/m1/s1. The summed E-state index contributed by atoms with van der Waals surface area (Å²) in [4.78, 5) is 54.5. The lowest BCUT2D eigenvalue weighted by Crippen LogP contribution is -2.57. The smallest absolute Gasteiger partial charge is 0.246 e. The number of nitrogen functional groups attached to an aromatic ring is 1. The molecule has 5 atom stereocenters. The van der Waals surface area contributed by atoms with Gasteiger partial charge in [-0.3, -0.25) is 23.7 Å². The molecule has 2 saturated heterocycles. The fourth-order valence-corrected chi connectivity index (χ4v) is 11.6. The fourth-order valence-electron chi connectivity index (χ4n) is 10.2. The first-order chi connectivity index (χ1) is 36.9. The summed E-state index contributed by atoms with van der Waals surface area (Å²) in [7, 11) is 0. The van der Waals surface area contributed by atoms with E-state index in [-0.39, 0.29) is 60.5 Å². The van der Waals surface area contributed by atoms with Gasteiger partial charge in [0.15, 0.2) is 11.6 Å². The van der Waals surface area contributed by atoms with Crippen LogP contribution in [0, 0.1) is 18.2 Å². The second kappa shape index (κ2) is 26.1. The summed E-state index contributed by atoms with van der Waals surface area (Å²) in [5, 5.41) is 30.3. The monoisotopic (exact) mass is 1110 g/mol. The summed E-state index contributed by atoms with van der Waals surface area (Å²) < 4.78 is 24.3. The number of ether oxygens (including phenoxy) is 1. The first-order valence-electron chi connectivity index (χ1n) is 26.7. The molecule has 3 amide bonds. The molecule has 2 aliphatic rings. The van der Waals surface area contributed by atoms with Crippen molar-refractivity contribution in [1.29, 1.82) is 0 Å². The van der Waals surface area contributed by atoms with E-state index in [0.717, 1.165) is 116 Å². The fraction of sp³-hybridized carbons (Fsp3) is 0.500. The lowest BCUT2D eigenvalue weighted by Gasteiger charge is -2.35. The highest BCUT2D eigenvalue weighted by Gasteiger charge is 2.44. The molecule has 0 radical (unpaired) electrons. The number of anilines is 1. The number of hydrogen-bond donors (Lipinski definition) is 4. The Bertz CT molecular complexity index is 2960. The molecule has 8 rings (SSSR count). The maximum atomic E-state index is 14.2. The number of pyridine rings is 1. The van der Waals surface area contributed by atoms with Crippen molar-refractivity contribution in [3.63, 3.8) is 0 Å². The lowest BCUT2D eigenvalue weighted by atomic mass is 9.85. The van der Waals surface area contributed by atoms with Crippen molar-refractivity contribution in [2.45, 2.75) is 149 Å². The van der Waals surface area contributed by atoms with Crippen LogP contribution in [0.4, 0.5) is 10.2 Å². The van der Waals surface area contributed by atoms with E-state index in [9.17, 15) is 23.9 Å². The van der Waals surface area contributed by atoms with Gasteiger partial charge in [0.2, 0.25) is 17.7 Å². The third-order valence-electron chi connectivity index (χ3n) is 14.5. The van der Waals surface area contributed by atoms with E-state index in [1.807, 2.05) is 85.4 Å². The van der Waals surface area contributed by atoms with Gasteiger partial charge in [-0.15, -0.1) is 16.4 Å². The van der Waals surface area contributed by atoms with Gasteiger partial charge in [0.05, 0.1) is 45.1 Å². The van der Waals surface area contributed by atoms with Gasteiger partial charge < -0.3 is 36.0 Å². The van der Waals surface area contributed by atoms with Gasteiger partial charge in [0.1, 0.15) is 24.0 Å². The average Bonchev–Trinajstić information content (AvgIpc) is 4.26. The van der Waals surface area contributed by atoms with Gasteiger partial charge >= 0.3 is 0 Å². The van der Waals surface area contributed by atoms with Crippen LogP contribution in [0.25, 0.3) is 21.6 Å². The predicted molar refractivity (Wildman–Crippen MR) is 298 cm³/mol. The first-order valence-corrected chi connectivity index (χ1v) is 28.3. The molecule has 6 heterocycles. The zero-order valence-electron chi connectivity index (χ0n) is 44.6. The molecule has 2 fully saturated rings. The number of thiazole rings is 1. The normalized spacial score (nSPS) is 17.8. The van der Waals surface area contributed by atoms with Crippen LogP contribution in [0.3, 0.4) is 0 Å². The molecule has 412 valence electrons. The number of piperidine rings is 1. The maximum Gasteiger partial charge on any atom is 0.246 e. The Labute approximate surface area is 464 Å². The van der Waals surface area contributed by atoms with Gasteiger partial charge in [-0.05, 0) is 100 Å². The van der Waals surface area contributed by atoms with Crippen molar-refractivity contribution in [1.82, 2.24) is 55.2 Å². The predicted octanol–water partition coefficient (Wildman–Crippen LogP) is 9.56. The number of likely N-dealkylation sites (tertiary alicyclic amines) is 2. The van der Waals surface area contributed by atoms with Gasteiger partial charge in [0.25, 0.3) is 0 Å². The van der Waals surface area contributed by atoms with Crippen molar-refractivity contribution in [2.75, 3.05) is 31.9 Å². The second-order valence-corrected chi connectivity index (χ2v) is 23.1. The highest BCUT2D eigenvalue weighted by Crippen LogP contribution is 2.38. The number of amides is 3. The van der Waals surface area contributed by atoms with Crippen LogP contribution in [-0.4, -0.2) is 112 Å². The topological polar surface area (TPSA) is 212 Å². The molecular weight excluding hydrogens is 1040 g/mol. The minimum absolute atomic E-state index is 0.0260. The van der Waals surface area contributed by atoms with Crippen molar-refractivity contribution < 1.29 is 28.6 Å². The first kappa shape index (κ1) is 57.2. The van der Waals surface area contributed by atoms with E-state index in [4.69, 9.17) is 38.8 Å². The number of aliphatic hydroxyl groups excluding tert-OH is 1. The summed E-state index contributed by atoms with van der Waals surface area (Å²) in [5.74, 6) is -0.975. The number of benzene rings is 2. The number of nitrogens with zero attached hydrogens (tertiary/aromatic N) is 9. The largest absolute Gasteiger partial charge is 0.482 e. The Morgan fingerprint density at radius 2 is 1.74 bits per heavy atom. The van der Waals surface area contributed by atoms with Crippen LogP contribution in [0.5, 0.6) is 5.75 Å². The van der Waals surface area contributed by atoms with Crippen molar-refractivity contribution in [3.8, 4) is 27.3 Å². The molecule has 5 N–H and O–H groups in total. The van der Waals surface area contributed by atoms with E-state index < -0.39 is 35.5 Å². The molecule has 0 saturated carbocycles.